The lowest BCUT2D eigenvalue weighted by Gasteiger charge is -2.30. The maximum absolute atomic E-state index is 12.7. The second-order valence-electron chi connectivity index (χ2n) is 7.18. The van der Waals surface area contributed by atoms with E-state index in [2.05, 4.69) is 15.9 Å². The van der Waals surface area contributed by atoms with Gasteiger partial charge in [-0.25, -0.2) is 4.79 Å². The molecule has 2 rings (SSSR count). The molecule has 2 aromatic rings. The van der Waals surface area contributed by atoms with Gasteiger partial charge >= 0.3 is 5.97 Å². The van der Waals surface area contributed by atoms with Crippen LogP contribution in [-0.4, -0.2) is 25.1 Å². The monoisotopic (exact) mass is 451 g/mol. The topological polar surface area (TPSA) is 87.9 Å². The van der Waals surface area contributed by atoms with E-state index in [4.69, 9.17) is 14.2 Å². The van der Waals surface area contributed by atoms with Gasteiger partial charge in [-0.05, 0) is 30.3 Å². The molecule has 0 aliphatic rings. The summed E-state index contributed by atoms with van der Waals surface area (Å²) in [7, 11) is 2.84. The first-order chi connectivity index (χ1) is 13.1. The summed E-state index contributed by atoms with van der Waals surface area (Å²) in [5.41, 5.74) is -0.238. The highest BCUT2D eigenvalue weighted by Crippen LogP contribution is 2.45. The lowest BCUT2D eigenvalue weighted by molar-refractivity contribution is -0.386. The van der Waals surface area contributed by atoms with E-state index in [0.717, 1.165) is 4.47 Å². The fraction of sp³-hybridized carbons (Fsp3) is 0.350. The van der Waals surface area contributed by atoms with Gasteiger partial charge in [0.05, 0.1) is 36.3 Å². The van der Waals surface area contributed by atoms with Gasteiger partial charge in [0, 0.05) is 9.89 Å². The zero-order valence-electron chi connectivity index (χ0n) is 16.3. The molecule has 0 N–H and O–H groups in total. The molecule has 0 saturated carbocycles. The Morgan fingerprint density at radius 1 is 1.07 bits per heavy atom. The summed E-state index contributed by atoms with van der Waals surface area (Å²) < 4.78 is 17.0. The number of nitro benzene ring substituents is 1. The quantitative estimate of drug-likeness (QED) is 0.335. The van der Waals surface area contributed by atoms with Crippen LogP contribution in [0.5, 0.6) is 11.5 Å². The van der Waals surface area contributed by atoms with Crippen molar-refractivity contribution in [2.24, 2.45) is 5.41 Å². The smallest absolute Gasteiger partial charge is 0.338 e. The van der Waals surface area contributed by atoms with Crippen LogP contribution in [0.4, 0.5) is 5.69 Å². The minimum atomic E-state index is -0.885. The van der Waals surface area contributed by atoms with Gasteiger partial charge in [0.2, 0.25) is 0 Å². The minimum Gasteiger partial charge on any atom is -0.493 e. The van der Waals surface area contributed by atoms with E-state index >= 15 is 0 Å². The molecule has 28 heavy (non-hydrogen) atoms. The maximum atomic E-state index is 12.7. The van der Waals surface area contributed by atoms with Gasteiger partial charge in [-0.3, -0.25) is 10.1 Å². The number of rotatable bonds is 6. The van der Waals surface area contributed by atoms with E-state index < -0.39 is 22.4 Å². The van der Waals surface area contributed by atoms with Gasteiger partial charge in [-0.2, -0.15) is 0 Å². The molecule has 0 heterocycles. The van der Waals surface area contributed by atoms with Crippen LogP contribution >= 0.6 is 15.9 Å². The van der Waals surface area contributed by atoms with E-state index in [1.165, 1.54) is 26.4 Å². The van der Waals surface area contributed by atoms with Gasteiger partial charge in [-0.1, -0.05) is 36.7 Å². The van der Waals surface area contributed by atoms with Crippen LogP contribution < -0.4 is 9.47 Å². The van der Waals surface area contributed by atoms with Crippen LogP contribution in [0.3, 0.4) is 0 Å². The summed E-state index contributed by atoms with van der Waals surface area (Å²) in [5, 5.41) is 11.7. The Kier molecular flexibility index (Phi) is 6.66. The van der Waals surface area contributed by atoms with Crippen molar-refractivity contribution in [1.29, 1.82) is 0 Å². The lowest BCUT2D eigenvalue weighted by Crippen LogP contribution is -2.25. The minimum absolute atomic E-state index is 0.207. The first kappa shape index (κ1) is 21.7. The van der Waals surface area contributed by atoms with Crippen molar-refractivity contribution >= 4 is 27.6 Å². The summed E-state index contributed by atoms with van der Waals surface area (Å²) >= 11 is 3.32. The third kappa shape index (κ3) is 4.81. The number of hydrogen-bond acceptors (Lipinski definition) is 6. The molecule has 7 nitrogen and oxygen atoms in total. The molecular formula is C20H22BrNO6. The van der Waals surface area contributed by atoms with E-state index in [1.54, 1.807) is 24.3 Å². The van der Waals surface area contributed by atoms with Gasteiger partial charge in [0.15, 0.2) is 11.5 Å². The molecule has 150 valence electrons. The second-order valence-corrected chi connectivity index (χ2v) is 8.10. The number of carbonyl (C=O) groups excluding carboxylic acids is 1. The zero-order valence-corrected chi connectivity index (χ0v) is 17.9. The molecule has 2 aromatic carbocycles. The standard InChI is InChI=1S/C20H22BrNO6/c1-20(2,3)18(28-19(23)12-6-8-13(21)9-7-12)14-10-16(26-4)17(27-5)11-15(14)22(24)25/h6-11,18H,1-5H3. The third-order valence-electron chi connectivity index (χ3n) is 4.10. The molecule has 0 spiro atoms. The first-order valence-corrected chi connectivity index (χ1v) is 9.24. The first-order valence-electron chi connectivity index (χ1n) is 8.45. The van der Waals surface area contributed by atoms with Gasteiger partial charge in [0.25, 0.3) is 5.69 Å². The molecule has 0 saturated heterocycles. The Bertz CT molecular complexity index is 874. The SMILES string of the molecule is COc1cc(C(OC(=O)c2ccc(Br)cc2)C(C)(C)C)c([N+](=O)[O-])cc1OC. The number of esters is 1. The Morgan fingerprint density at radius 3 is 2.07 bits per heavy atom. The molecule has 0 aliphatic heterocycles. The Hall–Kier alpha value is -2.61. The average Bonchev–Trinajstić information content (AvgIpc) is 2.64. The Labute approximate surface area is 171 Å². The van der Waals surface area contributed by atoms with Crippen molar-refractivity contribution in [3.05, 3.63) is 62.1 Å². The molecule has 0 aliphatic carbocycles. The molecule has 0 radical (unpaired) electrons. The van der Waals surface area contributed by atoms with E-state index in [9.17, 15) is 14.9 Å². The molecule has 0 fully saturated rings. The van der Waals surface area contributed by atoms with Gasteiger partial charge in [-0.15, -0.1) is 0 Å². The summed E-state index contributed by atoms with van der Waals surface area (Å²) in [5.74, 6) is -0.0293. The molecule has 0 aromatic heterocycles. The summed E-state index contributed by atoms with van der Waals surface area (Å²) in [6.07, 6.45) is -0.885. The summed E-state index contributed by atoms with van der Waals surface area (Å²) in [4.78, 5) is 23.8. The number of ether oxygens (including phenoxy) is 3. The molecule has 0 amide bonds. The Balaban J connectivity index is 2.55. The number of halogens is 1. The van der Waals surface area contributed by atoms with Crippen LogP contribution in [0.2, 0.25) is 0 Å². The average molecular weight is 452 g/mol. The number of methoxy groups -OCH3 is 2. The predicted octanol–water partition coefficient (Wildman–Crippen LogP) is 5.32. The third-order valence-corrected chi connectivity index (χ3v) is 4.63. The molecule has 1 atom stereocenters. The highest BCUT2D eigenvalue weighted by atomic mass is 79.9. The normalized spacial score (nSPS) is 12.2. The summed E-state index contributed by atoms with van der Waals surface area (Å²) in [6, 6.07) is 9.45. The number of carbonyl (C=O) groups is 1. The maximum Gasteiger partial charge on any atom is 0.338 e. The van der Waals surface area contributed by atoms with E-state index in [0.29, 0.717) is 11.3 Å². The fourth-order valence-corrected chi connectivity index (χ4v) is 2.98. The highest BCUT2D eigenvalue weighted by molar-refractivity contribution is 9.10. The van der Waals surface area contributed by atoms with Crippen LogP contribution in [-0.2, 0) is 4.74 Å². The van der Waals surface area contributed by atoms with Crippen LogP contribution in [0, 0.1) is 15.5 Å². The van der Waals surface area contributed by atoms with Crippen molar-refractivity contribution in [3.8, 4) is 11.5 Å². The highest BCUT2D eigenvalue weighted by Gasteiger charge is 2.36. The molecule has 1 unspecified atom stereocenters. The second kappa shape index (κ2) is 8.60. The summed E-state index contributed by atoms with van der Waals surface area (Å²) in [6.45, 7) is 5.52. The van der Waals surface area contributed by atoms with Crippen LogP contribution in [0.15, 0.2) is 40.9 Å². The molecular weight excluding hydrogens is 430 g/mol. The van der Waals surface area contributed by atoms with Crippen molar-refractivity contribution in [3.63, 3.8) is 0 Å². The molecule has 0 bridgehead atoms. The van der Waals surface area contributed by atoms with Gasteiger partial charge < -0.3 is 14.2 Å². The molecule has 8 heteroatoms. The van der Waals surface area contributed by atoms with Crippen molar-refractivity contribution in [2.75, 3.05) is 14.2 Å². The fourth-order valence-electron chi connectivity index (χ4n) is 2.72. The Morgan fingerprint density at radius 2 is 1.61 bits per heavy atom. The zero-order chi connectivity index (χ0) is 21.1. The van der Waals surface area contributed by atoms with E-state index in [-0.39, 0.29) is 17.0 Å². The number of nitrogens with zero attached hydrogens (tertiary/aromatic N) is 1. The van der Waals surface area contributed by atoms with Crippen molar-refractivity contribution in [2.45, 2.75) is 26.9 Å². The predicted molar refractivity (Wildman–Crippen MR) is 108 cm³/mol. The largest absolute Gasteiger partial charge is 0.493 e. The number of hydrogen-bond donors (Lipinski definition) is 0. The van der Waals surface area contributed by atoms with Crippen molar-refractivity contribution in [1.82, 2.24) is 0 Å². The van der Waals surface area contributed by atoms with E-state index in [1.807, 2.05) is 20.8 Å². The lowest BCUT2D eigenvalue weighted by atomic mass is 9.83. The van der Waals surface area contributed by atoms with Crippen LogP contribution in [0.1, 0.15) is 42.8 Å². The van der Waals surface area contributed by atoms with Gasteiger partial charge in [0.1, 0.15) is 6.10 Å². The van der Waals surface area contributed by atoms with Crippen LogP contribution in [0.25, 0.3) is 0 Å². The number of benzene rings is 2. The van der Waals surface area contributed by atoms with Crippen molar-refractivity contribution < 1.29 is 23.9 Å². The number of nitro groups is 1.